The zero-order chi connectivity index (χ0) is 22.5. The van der Waals surface area contributed by atoms with Crippen LogP contribution in [0.15, 0.2) is 30.5 Å². The first-order valence-electron chi connectivity index (χ1n) is 8.24. The monoisotopic (exact) mass is 442 g/mol. The summed E-state index contributed by atoms with van der Waals surface area (Å²) in [7, 11) is -3.23. The molecule has 1 aromatic carbocycles. The summed E-state index contributed by atoms with van der Waals surface area (Å²) >= 11 is 0. The van der Waals surface area contributed by atoms with Gasteiger partial charge in [-0.1, -0.05) is 6.07 Å². The lowest BCUT2D eigenvalue weighted by atomic mass is 10.1. The quantitative estimate of drug-likeness (QED) is 0.643. The Kier molecular flexibility index (Phi) is 7.12. The van der Waals surface area contributed by atoms with E-state index < -0.39 is 46.3 Å². The van der Waals surface area contributed by atoms with Gasteiger partial charge in [-0.25, -0.2) is 21.6 Å². The fourth-order valence-electron chi connectivity index (χ4n) is 2.46. The van der Waals surface area contributed by atoms with Crippen LogP contribution in [0.4, 0.5) is 18.9 Å². The van der Waals surface area contributed by atoms with Crippen LogP contribution in [0.25, 0.3) is 4.91 Å². The van der Waals surface area contributed by atoms with Crippen LogP contribution in [0.1, 0.15) is 16.7 Å². The summed E-state index contributed by atoms with van der Waals surface area (Å²) in [5, 5.41) is 8.95. The molecule has 0 radical (unpaired) electrons. The number of anilines is 1. The zero-order valence-corrected chi connectivity index (χ0v) is 16.6. The van der Waals surface area contributed by atoms with Crippen LogP contribution in [-0.4, -0.2) is 33.5 Å². The first-order chi connectivity index (χ1) is 14.1. The number of benzene rings is 1. The molecule has 0 amide bonds. The fraction of sp³-hybridized carbons (Fsp3) is 0.222. The van der Waals surface area contributed by atoms with Gasteiger partial charge in [-0.15, -0.1) is 0 Å². The summed E-state index contributed by atoms with van der Waals surface area (Å²) in [4.78, 5) is 3.24. The van der Waals surface area contributed by atoms with Crippen LogP contribution in [0.2, 0.25) is 0 Å². The summed E-state index contributed by atoms with van der Waals surface area (Å²) in [6.07, 6.45) is -2.02. The van der Waals surface area contributed by atoms with Gasteiger partial charge in [0.05, 0.1) is 18.7 Å². The maximum Gasteiger partial charge on any atom is 0.272 e. The molecule has 2 rings (SSSR count). The Morgan fingerprint density at radius 1 is 1.37 bits per heavy atom. The van der Waals surface area contributed by atoms with Crippen LogP contribution < -0.4 is 19.9 Å². The SMILES string of the molecule is COc1nc(OCC(F)F)c(F)cc1NS(=O)(=O)/C(=C/N)c1ccc(C#N)cc1C. The molecule has 30 heavy (non-hydrogen) atoms. The predicted octanol–water partition coefficient (Wildman–Crippen LogP) is 2.75. The number of ether oxygens (including phenoxy) is 2. The average Bonchev–Trinajstić information content (AvgIpc) is 2.68. The van der Waals surface area contributed by atoms with E-state index in [1.54, 1.807) is 6.92 Å². The molecule has 0 spiro atoms. The number of aryl methyl sites for hydroxylation is 1. The van der Waals surface area contributed by atoms with Gasteiger partial charge in [-0.3, -0.25) is 4.72 Å². The van der Waals surface area contributed by atoms with Crippen molar-refractivity contribution in [2.24, 2.45) is 5.73 Å². The molecule has 8 nitrogen and oxygen atoms in total. The van der Waals surface area contributed by atoms with Gasteiger partial charge in [0.15, 0.2) is 12.4 Å². The highest BCUT2D eigenvalue weighted by Crippen LogP contribution is 2.32. The lowest BCUT2D eigenvalue weighted by Gasteiger charge is -2.16. The number of nitrogens with two attached hydrogens (primary N) is 1. The third-order valence-corrected chi connectivity index (χ3v) is 5.18. The first-order valence-corrected chi connectivity index (χ1v) is 9.72. The molecule has 0 aliphatic carbocycles. The van der Waals surface area contributed by atoms with E-state index in [9.17, 15) is 21.6 Å². The Bertz CT molecular complexity index is 1120. The highest BCUT2D eigenvalue weighted by atomic mass is 32.2. The molecule has 0 atom stereocenters. The predicted molar refractivity (Wildman–Crippen MR) is 103 cm³/mol. The number of sulfonamides is 1. The lowest BCUT2D eigenvalue weighted by molar-refractivity contribution is 0.0770. The minimum atomic E-state index is -4.35. The van der Waals surface area contributed by atoms with Gasteiger partial charge in [-0.2, -0.15) is 10.2 Å². The maximum atomic E-state index is 14.2. The molecule has 1 aromatic heterocycles. The molecular weight excluding hydrogens is 425 g/mol. The molecule has 0 bridgehead atoms. The topological polar surface area (TPSA) is 127 Å². The third-order valence-electron chi connectivity index (χ3n) is 3.75. The molecule has 1 heterocycles. The fourth-order valence-corrected chi connectivity index (χ4v) is 3.70. The zero-order valence-electron chi connectivity index (χ0n) is 15.8. The Morgan fingerprint density at radius 2 is 2.07 bits per heavy atom. The van der Waals surface area contributed by atoms with E-state index >= 15 is 0 Å². The summed E-state index contributed by atoms with van der Waals surface area (Å²) in [5.74, 6) is -2.35. The minimum Gasteiger partial charge on any atom is -0.479 e. The van der Waals surface area contributed by atoms with Crippen molar-refractivity contribution >= 4 is 20.6 Å². The van der Waals surface area contributed by atoms with Crippen molar-refractivity contribution in [1.29, 1.82) is 5.26 Å². The van der Waals surface area contributed by atoms with Crippen LogP contribution in [0.5, 0.6) is 11.8 Å². The van der Waals surface area contributed by atoms with Gasteiger partial charge in [0.1, 0.15) is 10.6 Å². The molecule has 0 saturated heterocycles. The van der Waals surface area contributed by atoms with Crippen LogP contribution >= 0.6 is 0 Å². The number of nitrogens with one attached hydrogen (secondary N) is 1. The number of nitriles is 1. The van der Waals surface area contributed by atoms with Crippen molar-refractivity contribution in [3.05, 3.63) is 53.0 Å². The summed E-state index contributed by atoms with van der Waals surface area (Å²) in [5.41, 5.74) is 6.12. The van der Waals surface area contributed by atoms with Gasteiger partial charge >= 0.3 is 0 Å². The summed E-state index contributed by atoms with van der Waals surface area (Å²) < 4.78 is 76.0. The van der Waals surface area contributed by atoms with E-state index in [0.717, 1.165) is 13.3 Å². The van der Waals surface area contributed by atoms with Crippen molar-refractivity contribution in [3.63, 3.8) is 0 Å². The summed E-state index contributed by atoms with van der Waals surface area (Å²) in [6.45, 7) is 0.488. The largest absolute Gasteiger partial charge is 0.479 e. The van der Waals surface area contributed by atoms with Crippen molar-refractivity contribution < 1.29 is 31.1 Å². The van der Waals surface area contributed by atoms with Crippen LogP contribution in [0.3, 0.4) is 0 Å². The number of hydrogen-bond donors (Lipinski definition) is 2. The van der Waals surface area contributed by atoms with E-state index in [2.05, 4.69) is 14.4 Å². The standard InChI is InChI=1S/C18H17F3N4O4S/c1-10-5-11(7-22)3-4-12(10)15(8-23)30(26,27)25-14-6-13(19)17(24-18(14)28-2)29-9-16(20)21/h3-6,8,16,25H,9,23H2,1-2H3/b15-8+. The van der Waals surface area contributed by atoms with Gasteiger partial charge in [0.25, 0.3) is 22.3 Å². The van der Waals surface area contributed by atoms with Crippen LogP contribution in [0, 0.1) is 24.1 Å². The molecule has 160 valence electrons. The molecule has 0 saturated carbocycles. The number of rotatable bonds is 8. The van der Waals surface area contributed by atoms with E-state index in [1.165, 1.54) is 18.2 Å². The highest BCUT2D eigenvalue weighted by molar-refractivity contribution is 8.01. The molecule has 0 unspecified atom stereocenters. The number of pyridine rings is 1. The second kappa shape index (κ2) is 9.36. The number of hydrogen-bond acceptors (Lipinski definition) is 7. The third kappa shape index (κ3) is 5.12. The van der Waals surface area contributed by atoms with E-state index in [1.807, 2.05) is 6.07 Å². The Balaban J connectivity index is 2.42. The van der Waals surface area contributed by atoms with Gasteiger partial charge < -0.3 is 15.2 Å². The average molecular weight is 442 g/mol. The number of aromatic nitrogens is 1. The molecule has 0 aliphatic heterocycles. The minimum absolute atomic E-state index is 0.216. The number of alkyl halides is 2. The van der Waals surface area contributed by atoms with Crippen molar-refractivity contribution in [1.82, 2.24) is 4.98 Å². The Labute approximate surface area is 170 Å². The maximum absolute atomic E-state index is 14.2. The van der Waals surface area contributed by atoms with Gasteiger partial charge in [0, 0.05) is 12.3 Å². The number of nitrogens with zero attached hydrogens (tertiary/aromatic N) is 2. The molecule has 0 fully saturated rings. The molecule has 2 aromatic rings. The lowest BCUT2D eigenvalue weighted by Crippen LogP contribution is -2.17. The number of halogens is 3. The summed E-state index contributed by atoms with van der Waals surface area (Å²) in [6, 6.07) is 6.92. The van der Waals surface area contributed by atoms with E-state index in [-0.39, 0.29) is 10.5 Å². The number of methoxy groups -OCH3 is 1. The molecule has 3 N–H and O–H groups in total. The second-order valence-corrected chi connectivity index (χ2v) is 7.46. The first kappa shape index (κ1) is 22.8. The van der Waals surface area contributed by atoms with E-state index in [0.29, 0.717) is 17.2 Å². The normalized spacial score (nSPS) is 11.8. The Morgan fingerprint density at radius 3 is 2.60 bits per heavy atom. The Hall–Kier alpha value is -3.46. The molecule has 12 heteroatoms. The van der Waals surface area contributed by atoms with E-state index in [4.69, 9.17) is 15.7 Å². The van der Waals surface area contributed by atoms with Gasteiger partial charge in [-0.05, 0) is 30.2 Å². The molecule has 0 aliphatic rings. The van der Waals surface area contributed by atoms with Crippen LogP contribution in [-0.2, 0) is 10.0 Å². The van der Waals surface area contributed by atoms with Gasteiger partial charge in [0.2, 0.25) is 5.88 Å². The highest BCUT2D eigenvalue weighted by Gasteiger charge is 2.25. The van der Waals surface area contributed by atoms with Crippen molar-refractivity contribution in [2.45, 2.75) is 13.3 Å². The van der Waals surface area contributed by atoms with Crippen molar-refractivity contribution in [3.8, 4) is 17.8 Å². The molecular formula is C18H17F3N4O4S. The van der Waals surface area contributed by atoms with Crippen molar-refractivity contribution in [2.75, 3.05) is 18.4 Å². The smallest absolute Gasteiger partial charge is 0.272 e. The second-order valence-electron chi connectivity index (χ2n) is 5.81.